The molecule has 12 heteroatoms. The molecule has 0 bridgehead atoms. The molecule has 0 radical (unpaired) electrons. The van der Waals surface area contributed by atoms with E-state index < -0.39 is 45.5 Å². The first kappa shape index (κ1) is 38.4. The number of sulfonamides is 1. The first-order chi connectivity index (χ1) is 23.7. The molecule has 0 saturated heterocycles. The normalized spacial score (nSPS) is 14.3. The Morgan fingerprint density at radius 1 is 0.940 bits per heavy atom. The number of rotatable bonds is 14. The monoisotopic (exact) mass is 708 g/mol. The first-order valence-corrected chi connectivity index (χ1v) is 18.6. The lowest BCUT2D eigenvalue weighted by atomic mass is 9.97. The molecule has 0 spiro atoms. The van der Waals surface area contributed by atoms with Crippen molar-refractivity contribution in [3.05, 3.63) is 89.5 Å². The quantitative estimate of drug-likeness (QED) is 0.187. The number of amides is 2. The molecular formula is C38H48N2O9S. The predicted molar refractivity (Wildman–Crippen MR) is 190 cm³/mol. The van der Waals surface area contributed by atoms with Crippen LogP contribution < -0.4 is 9.46 Å². The minimum absolute atomic E-state index is 0.0767. The van der Waals surface area contributed by atoms with E-state index >= 15 is 0 Å². The van der Waals surface area contributed by atoms with Crippen molar-refractivity contribution in [3.63, 3.8) is 0 Å². The van der Waals surface area contributed by atoms with Gasteiger partial charge < -0.3 is 24.2 Å². The highest BCUT2D eigenvalue weighted by Crippen LogP contribution is 2.31. The second-order valence-corrected chi connectivity index (χ2v) is 15.3. The van der Waals surface area contributed by atoms with Crippen molar-refractivity contribution in [3.8, 4) is 16.9 Å². The number of methoxy groups -OCH3 is 1. The highest BCUT2D eigenvalue weighted by atomic mass is 32.2. The Morgan fingerprint density at radius 3 is 2.24 bits per heavy atom. The number of benzene rings is 3. The summed E-state index contributed by atoms with van der Waals surface area (Å²) in [4.78, 5) is 39.3. The maximum Gasteiger partial charge on any atom is 0.410 e. The molecule has 0 aliphatic heterocycles. The third-order valence-electron chi connectivity index (χ3n) is 8.31. The third kappa shape index (κ3) is 11.9. The van der Waals surface area contributed by atoms with Crippen LogP contribution in [-0.4, -0.2) is 74.1 Å². The van der Waals surface area contributed by atoms with E-state index in [9.17, 15) is 27.9 Å². The Morgan fingerprint density at radius 2 is 1.60 bits per heavy atom. The van der Waals surface area contributed by atoms with Crippen LogP contribution >= 0.6 is 0 Å². The van der Waals surface area contributed by atoms with Gasteiger partial charge in [-0.15, -0.1) is 0 Å². The summed E-state index contributed by atoms with van der Waals surface area (Å²) in [6.45, 7) is 5.80. The molecule has 1 aliphatic carbocycles. The van der Waals surface area contributed by atoms with Gasteiger partial charge in [-0.3, -0.25) is 9.59 Å². The van der Waals surface area contributed by atoms with Gasteiger partial charge in [-0.2, -0.15) is 0 Å². The van der Waals surface area contributed by atoms with Gasteiger partial charge in [-0.1, -0.05) is 67.1 Å². The van der Waals surface area contributed by atoms with Crippen LogP contribution in [-0.2, 0) is 30.7 Å². The van der Waals surface area contributed by atoms with Crippen molar-refractivity contribution < 1.29 is 42.1 Å². The van der Waals surface area contributed by atoms with Crippen molar-refractivity contribution in [2.75, 3.05) is 26.0 Å². The van der Waals surface area contributed by atoms with Gasteiger partial charge in [-0.05, 0) is 87.3 Å². The number of hydrogen-bond acceptors (Lipinski definition) is 9. The van der Waals surface area contributed by atoms with Gasteiger partial charge in [0.15, 0.2) is 0 Å². The second kappa shape index (κ2) is 17.5. The van der Waals surface area contributed by atoms with Gasteiger partial charge in [0.1, 0.15) is 11.4 Å². The minimum Gasteiger partial charge on any atom is -0.490 e. The molecule has 11 nitrogen and oxygen atoms in total. The van der Waals surface area contributed by atoms with Crippen molar-refractivity contribution in [1.82, 2.24) is 9.62 Å². The molecule has 3 aromatic rings. The molecule has 4 rings (SSSR count). The average Bonchev–Trinajstić information content (AvgIpc) is 3.09. The Bertz CT molecular complexity index is 1700. The summed E-state index contributed by atoms with van der Waals surface area (Å²) in [6.07, 6.45) is 3.45. The first-order valence-electron chi connectivity index (χ1n) is 17.0. The maximum atomic E-state index is 13.2. The molecule has 0 heterocycles. The van der Waals surface area contributed by atoms with Gasteiger partial charge >= 0.3 is 12.1 Å². The van der Waals surface area contributed by atoms with E-state index in [4.69, 9.17) is 9.47 Å². The number of hydrogen-bond donors (Lipinski definition) is 2. The van der Waals surface area contributed by atoms with Gasteiger partial charge in [-0.25, -0.2) is 17.9 Å². The summed E-state index contributed by atoms with van der Waals surface area (Å²) in [5.41, 5.74) is 2.68. The number of ether oxygens (including phenoxy) is 3. The fraction of sp³-hybridized carbons (Fsp3) is 0.447. The zero-order chi connectivity index (χ0) is 36.3. The van der Waals surface area contributed by atoms with Gasteiger partial charge in [0.05, 0.1) is 43.6 Å². The molecule has 2 N–H and O–H groups in total. The fourth-order valence-electron chi connectivity index (χ4n) is 5.62. The number of carbonyl (C=O) groups is 3. The van der Waals surface area contributed by atoms with Crippen molar-refractivity contribution in [1.29, 1.82) is 0 Å². The van der Waals surface area contributed by atoms with E-state index in [1.165, 1.54) is 4.90 Å². The smallest absolute Gasteiger partial charge is 0.410 e. The number of carbonyl (C=O) groups excluding carboxylic acids is 3. The lowest BCUT2D eigenvalue weighted by Crippen LogP contribution is -2.40. The summed E-state index contributed by atoms with van der Waals surface area (Å²) in [7, 11) is -2.94. The van der Waals surface area contributed by atoms with Crippen LogP contribution in [0.25, 0.3) is 11.1 Å². The zero-order valence-corrected chi connectivity index (χ0v) is 30.0. The Hall–Kier alpha value is -4.42. The van der Waals surface area contributed by atoms with Crippen LogP contribution in [0.4, 0.5) is 4.79 Å². The molecule has 1 fully saturated rings. The lowest BCUT2D eigenvalue weighted by molar-refractivity contribution is -0.140. The largest absolute Gasteiger partial charge is 0.490 e. The van der Waals surface area contributed by atoms with Crippen LogP contribution in [0, 0.1) is 0 Å². The zero-order valence-electron chi connectivity index (χ0n) is 29.2. The molecule has 50 heavy (non-hydrogen) atoms. The topological polar surface area (TPSA) is 149 Å². The number of aliphatic hydroxyl groups excluding tert-OH is 1. The molecule has 0 aromatic heterocycles. The summed E-state index contributed by atoms with van der Waals surface area (Å²) < 4.78 is 43.6. The minimum atomic E-state index is -4.10. The second-order valence-electron chi connectivity index (χ2n) is 13.5. The van der Waals surface area contributed by atoms with Crippen LogP contribution in [0.5, 0.6) is 5.75 Å². The van der Waals surface area contributed by atoms with E-state index in [-0.39, 0.29) is 30.4 Å². The Balaban J connectivity index is 1.50. The molecule has 1 atom stereocenters. The van der Waals surface area contributed by atoms with Crippen LogP contribution in [0.1, 0.15) is 86.9 Å². The Labute approximate surface area is 295 Å². The van der Waals surface area contributed by atoms with Crippen molar-refractivity contribution in [2.24, 2.45) is 0 Å². The highest BCUT2D eigenvalue weighted by Gasteiger charge is 2.26. The van der Waals surface area contributed by atoms with Crippen molar-refractivity contribution >= 4 is 28.0 Å². The summed E-state index contributed by atoms with van der Waals surface area (Å²) in [5, 5.41) is 10.9. The molecular weight excluding hydrogens is 660 g/mol. The molecule has 3 aromatic carbocycles. The molecule has 270 valence electrons. The number of esters is 1. The molecule has 2 amide bonds. The molecule has 1 aliphatic rings. The summed E-state index contributed by atoms with van der Waals surface area (Å²) >= 11 is 0. The maximum absolute atomic E-state index is 13.2. The summed E-state index contributed by atoms with van der Waals surface area (Å²) in [6, 6.07) is 22.0. The molecule has 0 unspecified atom stereocenters. The highest BCUT2D eigenvalue weighted by molar-refractivity contribution is 7.90. The van der Waals surface area contributed by atoms with E-state index in [1.807, 2.05) is 54.6 Å². The standard InChI is InChI=1S/C38H48N2O9S/c1-38(2,3)49-37(44)40(26-33(41)29-11-7-5-8-12-29)23-21-27-15-17-28(18-16-27)30-19-20-32(34(25-30)48-31-13-9-6-10-14-31)36(43)39-50(45,46)24-22-35(42)47-4/h5,7-8,11-12,15-20,25,31,33,41H,6,9-10,13-14,21-24,26H2,1-4H3,(H,39,43)/t33-/m1/s1. The van der Waals surface area contributed by atoms with E-state index in [0.717, 1.165) is 55.9 Å². The SMILES string of the molecule is COC(=O)CCS(=O)(=O)NC(=O)c1ccc(-c2ccc(CCN(C[C@@H](O)c3ccccc3)C(=O)OC(C)(C)C)cc2)cc1OC1CCCCC1. The van der Waals surface area contributed by atoms with Crippen LogP contribution in [0.2, 0.25) is 0 Å². The van der Waals surface area contributed by atoms with E-state index in [1.54, 1.807) is 39.0 Å². The van der Waals surface area contributed by atoms with Crippen molar-refractivity contribution in [2.45, 2.75) is 83.5 Å². The number of aliphatic hydroxyl groups is 1. The van der Waals surface area contributed by atoms with Gasteiger partial charge in [0.25, 0.3) is 5.91 Å². The van der Waals surface area contributed by atoms with Crippen LogP contribution in [0.15, 0.2) is 72.8 Å². The van der Waals surface area contributed by atoms with E-state index in [0.29, 0.717) is 18.5 Å². The Kier molecular flexibility index (Phi) is 13.4. The lowest BCUT2D eigenvalue weighted by Gasteiger charge is -2.29. The summed E-state index contributed by atoms with van der Waals surface area (Å²) in [5.74, 6) is -1.84. The number of nitrogens with zero attached hydrogens (tertiary/aromatic N) is 1. The fourth-order valence-corrected chi connectivity index (χ4v) is 6.55. The van der Waals surface area contributed by atoms with Gasteiger partial charge in [0.2, 0.25) is 10.0 Å². The third-order valence-corrected chi connectivity index (χ3v) is 9.55. The molecule has 1 saturated carbocycles. The average molecular weight is 709 g/mol. The van der Waals surface area contributed by atoms with Crippen LogP contribution in [0.3, 0.4) is 0 Å². The van der Waals surface area contributed by atoms with E-state index in [2.05, 4.69) is 9.46 Å². The van der Waals surface area contributed by atoms with Gasteiger partial charge in [0, 0.05) is 6.54 Å². The predicted octanol–water partition coefficient (Wildman–Crippen LogP) is 6.20. The number of nitrogens with one attached hydrogen (secondary N) is 1.